The van der Waals surface area contributed by atoms with Gasteiger partial charge in [-0.3, -0.25) is 24.6 Å². The molecule has 1 aromatic rings. The van der Waals surface area contributed by atoms with E-state index < -0.39 is 5.97 Å². The summed E-state index contributed by atoms with van der Waals surface area (Å²) in [5, 5.41) is 8.75. The Bertz CT molecular complexity index is 390. The molecule has 0 amide bonds. The number of carbonyl (C=O) groups is 1. The van der Waals surface area contributed by atoms with Gasteiger partial charge in [0.1, 0.15) is 0 Å². The molecule has 2 heterocycles. The Kier molecular flexibility index (Phi) is 4.22. The largest absolute Gasteiger partial charge is 0.480 e. The van der Waals surface area contributed by atoms with Crippen LogP contribution in [0.5, 0.6) is 0 Å². The second kappa shape index (κ2) is 5.88. The standard InChI is InChI=1S/C12H18N4O2/c1-10(11-8-13-2-3-14-11)16-6-4-15(5-7-16)9-12(17)18/h2-3,8,10H,4-7,9H2,1H3,(H,17,18). The van der Waals surface area contributed by atoms with Crippen molar-refractivity contribution in [3.8, 4) is 0 Å². The first-order chi connectivity index (χ1) is 8.66. The molecule has 2 rings (SSSR count). The van der Waals surface area contributed by atoms with Crippen LogP contribution in [0, 0.1) is 0 Å². The molecule has 1 fully saturated rings. The van der Waals surface area contributed by atoms with E-state index in [1.807, 2.05) is 4.90 Å². The number of carboxylic acids is 1. The van der Waals surface area contributed by atoms with Crippen LogP contribution in [0.2, 0.25) is 0 Å². The van der Waals surface area contributed by atoms with Crippen molar-refractivity contribution in [2.45, 2.75) is 13.0 Å². The van der Waals surface area contributed by atoms with Crippen molar-refractivity contribution in [3.05, 3.63) is 24.3 Å². The Labute approximate surface area is 106 Å². The molecule has 1 saturated heterocycles. The average molecular weight is 250 g/mol. The number of piperazine rings is 1. The molecule has 1 aliphatic heterocycles. The second-order valence-corrected chi connectivity index (χ2v) is 4.51. The van der Waals surface area contributed by atoms with E-state index in [4.69, 9.17) is 5.11 Å². The van der Waals surface area contributed by atoms with Crippen molar-refractivity contribution in [1.82, 2.24) is 19.8 Å². The summed E-state index contributed by atoms with van der Waals surface area (Å²) < 4.78 is 0. The SMILES string of the molecule is CC(c1cnccn1)N1CCN(CC(=O)O)CC1. The zero-order chi connectivity index (χ0) is 13.0. The Balaban J connectivity index is 1.88. The lowest BCUT2D eigenvalue weighted by Gasteiger charge is -2.37. The Hall–Kier alpha value is -1.53. The molecule has 6 heteroatoms. The van der Waals surface area contributed by atoms with E-state index >= 15 is 0 Å². The summed E-state index contributed by atoms with van der Waals surface area (Å²) in [5.41, 5.74) is 0.962. The fourth-order valence-electron chi connectivity index (χ4n) is 2.21. The maximum absolute atomic E-state index is 10.6. The molecule has 0 spiro atoms. The van der Waals surface area contributed by atoms with E-state index in [0.29, 0.717) is 0 Å². The molecule has 98 valence electrons. The average Bonchev–Trinajstić information content (AvgIpc) is 2.39. The van der Waals surface area contributed by atoms with Gasteiger partial charge in [-0.15, -0.1) is 0 Å². The summed E-state index contributed by atoms with van der Waals surface area (Å²) in [6.45, 7) is 5.55. The second-order valence-electron chi connectivity index (χ2n) is 4.51. The number of nitrogens with zero attached hydrogens (tertiary/aromatic N) is 4. The predicted octanol–water partition coefficient (Wildman–Crippen LogP) is 0.240. The van der Waals surface area contributed by atoms with Crippen molar-refractivity contribution < 1.29 is 9.90 Å². The van der Waals surface area contributed by atoms with Gasteiger partial charge in [0.05, 0.1) is 18.3 Å². The smallest absolute Gasteiger partial charge is 0.317 e. The molecule has 1 aromatic heterocycles. The Morgan fingerprint density at radius 3 is 2.67 bits per heavy atom. The van der Waals surface area contributed by atoms with Crippen molar-refractivity contribution in [3.63, 3.8) is 0 Å². The monoisotopic (exact) mass is 250 g/mol. The lowest BCUT2D eigenvalue weighted by Crippen LogP contribution is -2.48. The number of aliphatic carboxylic acids is 1. The van der Waals surface area contributed by atoms with Crippen LogP contribution < -0.4 is 0 Å². The van der Waals surface area contributed by atoms with Crippen molar-refractivity contribution in [2.75, 3.05) is 32.7 Å². The molecule has 18 heavy (non-hydrogen) atoms. The fourth-order valence-corrected chi connectivity index (χ4v) is 2.21. The minimum Gasteiger partial charge on any atom is -0.480 e. The molecule has 0 radical (unpaired) electrons. The zero-order valence-electron chi connectivity index (χ0n) is 10.5. The third-order valence-electron chi connectivity index (χ3n) is 3.32. The van der Waals surface area contributed by atoms with Gasteiger partial charge in [0.25, 0.3) is 0 Å². The molecule has 0 saturated carbocycles. The first kappa shape index (κ1) is 12.9. The number of aromatic nitrogens is 2. The maximum atomic E-state index is 10.6. The molecule has 0 aromatic carbocycles. The molecule has 0 bridgehead atoms. The molecule has 0 aliphatic carbocycles. The topological polar surface area (TPSA) is 69.6 Å². The van der Waals surface area contributed by atoms with Gasteiger partial charge in [0, 0.05) is 44.8 Å². The van der Waals surface area contributed by atoms with Crippen LogP contribution in [0.15, 0.2) is 18.6 Å². The summed E-state index contributed by atoms with van der Waals surface area (Å²) in [4.78, 5) is 23.3. The normalized spacial score (nSPS) is 19.6. The number of rotatable bonds is 4. The first-order valence-corrected chi connectivity index (χ1v) is 6.11. The zero-order valence-corrected chi connectivity index (χ0v) is 10.5. The minimum atomic E-state index is -0.759. The number of carboxylic acid groups (broad SMARTS) is 1. The van der Waals surface area contributed by atoms with E-state index in [9.17, 15) is 4.79 Å². The van der Waals surface area contributed by atoms with Crippen LogP contribution in [0.3, 0.4) is 0 Å². The maximum Gasteiger partial charge on any atom is 0.317 e. The Morgan fingerprint density at radius 2 is 2.11 bits per heavy atom. The minimum absolute atomic E-state index is 0.132. The van der Waals surface area contributed by atoms with E-state index in [1.165, 1.54) is 0 Å². The molecule has 1 aliphatic rings. The fraction of sp³-hybridized carbons (Fsp3) is 0.583. The molecule has 1 unspecified atom stereocenters. The van der Waals surface area contributed by atoms with Crippen LogP contribution in [0.25, 0.3) is 0 Å². The van der Waals surface area contributed by atoms with E-state index in [2.05, 4.69) is 21.8 Å². The lowest BCUT2D eigenvalue weighted by molar-refractivity contribution is -0.138. The first-order valence-electron chi connectivity index (χ1n) is 6.11. The van der Waals surface area contributed by atoms with Gasteiger partial charge in [-0.2, -0.15) is 0 Å². The van der Waals surface area contributed by atoms with E-state index in [0.717, 1.165) is 31.9 Å². The van der Waals surface area contributed by atoms with Crippen molar-refractivity contribution >= 4 is 5.97 Å². The van der Waals surface area contributed by atoms with Crippen molar-refractivity contribution in [2.24, 2.45) is 0 Å². The molecule has 1 atom stereocenters. The predicted molar refractivity (Wildman–Crippen MR) is 66.1 cm³/mol. The molecular weight excluding hydrogens is 232 g/mol. The van der Waals surface area contributed by atoms with Gasteiger partial charge in [-0.1, -0.05) is 0 Å². The Morgan fingerprint density at radius 1 is 1.39 bits per heavy atom. The third-order valence-corrected chi connectivity index (χ3v) is 3.32. The van der Waals surface area contributed by atoms with Crippen LogP contribution in [0.1, 0.15) is 18.7 Å². The summed E-state index contributed by atoms with van der Waals surface area (Å²) in [6.07, 6.45) is 5.15. The highest BCUT2D eigenvalue weighted by Crippen LogP contribution is 2.18. The summed E-state index contributed by atoms with van der Waals surface area (Å²) >= 11 is 0. The van der Waals surface area contributed by atoms with Gasteiger partial charge in [-0.05, 0) is 6.92 Å². The highest BCUT2D eigenvalue weighted by molar-refractivity contribution is 5.69. The van der Waals surface area contributed by atoms with Crippen LogP contribution in [-0.4, -0.2) is 63.6 Å². The summed E-state index contributed by atoms with van der Waals surface area (Å²) in [6, 6.07) is 0.227. The van der Waals surface area contributed by atoms with Gasteiger partial charge in [0.2, 0.25) is 0 Å². The summed E-state index contributed by atoms with van der Waals surface area (Å²) in [7, 11) is 0. The number of hydrogen-bond acceptors (Lipinski definition) is 5. The van der Waals surface area contributed by atoms with E-state index in [-0.39, 0.29) is 12.6 Å². The van der Waals surface area contributed by atoms with Crippen LogP contribution in [0.4, 0.5) is 0 Å². The van der Waals surface area contributed by atoms with E-state index in [1.54, 1.807) is 18.6 Å². The van der Waals surface area contributed by atoms with Crippen LogP contribution >= 0.6 is 0 Å². The molecule has 1 N–H and O–H groups in total. The lowest BCUT2D eigenvalue weighted by atomic mass is 10.2. The summed E-state index contributed by atoms with van der Waals surface area (Å²) in [5.74, 6) is -0.759. The van der Waals surface area contributed by atoms with Gasteiger partial charge < -0.3 is 5.11 Å². The van der Waals surface area contributed by atoms with Crippen molar-refractivity contribution in [1.29, 1.82) is 0 Å². The third kappa shape index (κ3) is 3.24. The highest BCUT2D eigenvalue weighted by Gasteiger charge is 2.23. The van der Waals surface area contributed by atoms with Gasteiger partial charge >= 0.3 is 5.97 Å². The molecular formula is C12H18N4O2. The highest BCUT2D eigenvalue weighted by atomic mass is 16.4. The van der Waals surface area contributed by atoms with Gasteiger partial charge in [0.15, 0.2) is 0 Å². The van der Waals surface area contributed by atoms with Crippen LogP contribution in [-0.2, 0) is 4.79 Å². The number of hydrogen-bond donors (Lipinski definition) is 1. The molecule has 6 nitrogen and oxygen atoms in total. The van der Waals surface area contributed by atoms with Gasteiger partial charge in [-0.25, -0.2) is 0 Å². The quantitative estimate of drug-likeness (QED) is 0.825.